The minimum Gasteiger partial charge on any atom is -0.394 e. The SMILES string of the molecule is COCCCNC(C)(CO)CO. The van der Waals surface area contributed by atoms with Crippen molar-refractivity contribution in [1.82, 2.24) is 5.32 Å². The normalized spacial score (nSPS) is 12.0. The second-order valence-corrected chi connectivity index (χ2v) is 3.15. The van der Waals surface area contributed by atoms with Crippen LogP contribution < -0.4 is 5.32 Å². The molecule has 12 heavy (non-hydrogen) atoms. The molecule has 3 N–H and O–H groups in total. The fourth-order valence-electron chi connectivity index (χ4n) is 0.768. The summed E-state index contributed by atoms with van der Waals surface area (Å²) in [5.74, 6) is 0. The largest absolute Gasteiger partial charge is 0.394 e. The molecule has 74 valence electrons. The number of aliphatic hydroxyl groups excluding tert-OH is 2. The van der Waals surface area contributed by atoms with E-state index in [1.54, 1.807) is 14.0 Å². The van der Waals surface area contributed by atoms with Gasteiger partial charge in [0, 0.05) is 13.7 Å². The summed E-state index contributed by atoms with van der Waals surface area (Å²) in [5, 5.41) is 20.8. The first-order valence-electron chi connectivity index (χ1n) is 4.14. The first-order valence-corrected chi connectivity index (χ1v) is 4.14. The quantitative estimate of drug-likeness (QED) is 0.452. The number of hydrogen-bond donors (Lipinski definition) is 3. The van der Waals surface area contributed by atoms with Gasteiger partial charge in [0.2, 0.25) is 0 Å². The average Bonchev–Trinajstić information content (AvgIpc) is 2.12. The molecule has 0 unspecified atom stereocenters. The smallest absolute Gasteiger partial charge is 0.0633 e. The Kier molecular flexibility index (Phi) is 6.28. The van der Waals surface area contributed by atoms with Crippen molar-refractivity contribution in [3.05, 3.63) is 0 Å². The Morgan fingerprint density at radius 2 is 1.92 bits per heavy atom. The third kappa shape index (κ3) is 4.66. The zero-order valence-electron chi connectivity index (χ0n) is 7.84. The maximum atomic E-state index is 8.89. The lowest BCUT2D eigenvalue weighted by Gasteiger charge is -2.26. The molecule has 0 amide bonds. The van der Waals surface area contributed by atoms with Crippen molar-refractivity contribution >= 4 is 0 Å². The molecule has 0 aliphatic heterocycles. The number of nitrogens with one attached hydrogen (secondary N) is 1. The van der Waals surface area contributed by atoms with E-state index in [2.05, 4.69) is 5.32 Å². The molecular formula is C8H19NO3. The van der Waals surface area contributed by atoms with Gasteiger partial charge in [-0.05, 0) is 19.9 Å². The lowest BCUT2D eigenvalue weighted by atomic mass is 10.1. The summed E-state index contributed by atoms with van der Waals surface area (Å²) in [4.78, 5) is 0. The molecule has 0 saturated carbocycles. The topological polar surface area (TPSA) is 61.7 Å². The zero-order valence-corrected chi connectivity index (χ0v) is 7.84. The summed E-state index contributed by atoms with van der Waals surface area (Å²) in [6.07, 6.45) is 0.881. The number of rotatable bonds is 7. The predicted molar refractivity (Wildman–Crippen MR) is 47.1 cm³/mol. The molecule has 0 bridgehead atoms. The van der Waals surface area contributed by atoms with Crippen molar-refractivity contribution in [2.24, 2.45) is 0 Å². The Hall–Kier alpha value is -0.160. The van der Waals surface area contributed by atoms with Gasteiger partial charge in [0.15, 0.2) is 0 Å². The van der Waals surface area contributed by atoms with E-state index in [-0.39, 0.29) is 13.2 Å². The van der Waals surface area contributed by atoms with Crippen molar-refractivity contribution in [3.63, 3.8) is 0 Å². The van der Waals surface area contributed by atoms with Gasteiger partial charge in [0.25, 0.3) is 0 Å². The van der Waals surface area contributed by atoms with Gasteiger partial charge in [0.1, 0.15) is 0 Å². The van der Waals surface area contributed by atoms with Crippen LogP contribution in [0.25, 0.3) is 0 Å². The summed E-state index contributed by atoms with van der Waals surface area (Å²) >= 11 is 0. The molecule has 0 aliphatic rings. The molecule has 0 heterocycles. The van der Waals surface area contributed by atoms with Crippen LogP contribution in [-0.2, 0) is 4.74 Å². The van der Waals surface area contributed by atoms with Gasteiger partial charge < -0.3 is 20.3 Å². The highest BCUT2D eigenvalue weighted by Crippen LogP contribution is 1.99. The van der Waals surface area contributed by atoms with Crippen LogP contribution in [-0.4, -0.2) is 49.2 Å². The molecule has 4 nitrogen and oxygen atoms in total. The molecule has 0 saturated heterocycles. The summed E-state index contributed by atoms with van der Waals surface area (Å²) in [6.45, 7) is 3.10. The monoisotopic (exact) mass is 177 g/mol. The first-order chi connectivity index (χ1) is 5.68. The minimum absolute atomic E-state index is 0.0590. The summed E-state index contributed by atoms with van der Waals surface area (Å²) in [7, 11) is 1.65. The molecule has 0 spiro atoms. The average molecular weight is 177 g/mol. The van der Waals surface area contributed by atoms with Crippen molar-refractivity contribution in [2.75, 3.05) is 33.5 Å². The van der Waals surface area contributed by atoms with Crippen molar-refractivity contribution in [1.29, 1.82) is 0 Å². The molecule has 0 atom stereocenters. The van der Waals surface area contributed by atoms with Crippen LogP contribution in [0.3, 0.4) is 0 Å². The van der Waals surface area contributed by atoms with Crippen LogP contribution in [0.15, 0.2) is 0 Å². The number of ether oxygens (including phenoxy) is 1. The van der Waals surface area contributed by atoms with E-state index in [1.807, 2.05) is 0 Å². The van der Waals surface area contributed by atoms with Crippen LogP contribution in [0.4, 0.5) is 0 Å². The Bertz CT molecular complexity index is 104. The molecule has 0 aromatic carbocycles. The summed E-state index contributed by atoms with van der Waals surface area (Å²) in [5.41, 5.74) is -0.562. The van der Waals surface area contributed by atoms with Crippen LogP contribution in [0.5, 0.6) is 0 Å². The van der Waals surface area contributed by atoms with Crippen molar-refractivity contribution in [3.8, 4) is 0 Å². The Balaban J connectivity index is 3.45. The minimum atomic E-state index is -0.562. The second-order valence-electron chi connectivity index (χ2n) is 3.15. The highest BCUT2D eigenvalue weighted by molar-refractivity contribution is 4.80. The van der Waals surface area contributed by atoms with Crippen molar-refractivity contribution < 1.29 is 14.9 Å². The maximum absolute atomic E-state index is 8.89. The Labute approximate surface area is 73.5 Å². The van der Waals surface area contributed by atoms with E-state index in [0.717, 1.165) is 13.0 Å². The van der Waals surface area contributed by atoms with E-state index in [4.69, 9.17) is 14.9 Å². The van der Waals surface area contributed by atoms with E-state index in [0.29, 0.717) is 6.61 Å². The van der Waals surface area contributed by atoms with E-state index in [1.165, 1.54) is 0 Å². The van der Waals surface area contributed by atoms with Crippen LogP contribution in [0.2, 0.25) is 0 Å². The first kappa shape index (κ1) is 11.8. The zero-order chi connectivity index (χ0) is 9.45. The van der Waals surface area contributed by atoms with E-state index in [9.17, 15) is 0 Å². The van der Waals surface area contributed by atoms with Gasteiger partial charge in [-0.2, -0.15) is 0 Å². The van der Waals surface area contributed by atoms with Crippen molar-refractivity contribution in [2.45, 2.75) is 18.9 Å². The Morgan fingerprint density at radius 1 is 1.33 bits per heavy atom. The van der Waals surface area contributed by atoms with Gasteiger partial charge >= 0.3 is 0 Å². The highest BCUT2D eigenvalue weighted by Gasteiger charge is 2.20. The molecule has 0 radical (unpaired) electrons. The molecule has 0 aromatic rings. The molecular weight excluding hydrogens is 158 g/mol. The summed E-state index contributed by atoms with van der Waals surface area (Å²) < 4.78 is 4.86. The number of hydrogen-bond acceptors (Lipinski definition) is 4. The lowest BCUT2D eigenvalue weighted by Crippen LogP contribution is -2.49. The summed E-state index contributed by atoms with van der Waals surface area (Å²) in [6, 6.07) is 0. The van der Waals surface area contributed by atoms with Crippen LogP contribution in [0.1, 0.15) is 13.3 Å². The molecule has 4 heteroatoms. The molecule has 0 rings (SSSR count). The maximum Gasteiger partial charge on any atom is 0.0633 e. The van der Waals surface area contributed by atoms with E-state index >= 15 is 0 Å². The number of aliphatic hydroxyl groups is 2. The third-order valence-corrected chi connectivity index (χ3v) is 1.77. The highest BCUT2D eigenvalue weighted by atomic mass is 16.5. The molecule has 0 aromatic heterocycles. The fourth-order valence-corrected chi connectivity index (χ4v) is 0.768. The van der Waals surface area contributed by atoms with Gasteiger partial charge in [-0.3, -0.25) is 0 Å². The van der Waals surface area contributed by atoms with Crippen LogP contribution in [0, 0.1) is 0 Å². The fraction of sp³-hybridized carbons (Fsp3) is 1.00. The third-order valence-electron chi connectivity index (χ3n) is 1.77. The van der Waals surface area contributed by atoms with Gasteiger partial charge in [-0.1, -0.05) is 0 Å². The van der Waals surface area contributed by atoms with Gasteiger partial charge in [0.05, 0.1) is 18.8 Å². The number of methoxy groups -OCH3 is 1. The van der Waals surface area contributed by atoms with Gasteiger partial charge in [-0.15, -0.1) is 0 Å². The lowest BCUT2D eigenvalue weighted by molar-refractivity contribution is 0.101. The predicted octanol–water partition coefficient (Wildman–Crippen LogP) is -0.644. The standard InChI is InChI=1S/C8H19NO3/c1-8(6-10,7-11)9-4-3-5-12-2/h9-11H,3-7H2,1-2H3. The molecule has 0 fully saturated rings. The molecule has 0 aliphatic carbocycles. The Morgan fingerprint density at radius 3 is 2.33 bits per heavy atom. The van der Waals surface area contributed by atoms with Gasteiger partial charge in [-0.25, -0.2) is 0 Å². The second kappa shape index (κ2) is 6.37. The van der Waals surface area contributed by atoms with E-state index < -0.39 is 5.54 Å². The van der Waals surface area contributed by atoms with Crippen LogP contribution >= 0.6 is 0 Å².